The van der Waals surface area contributed by atoms with Gasteiger partial charge in [-0.25, -0.2) is 4.98 Å². The molecule has 0 atom stereocenters. The maximum absolute atomic E-state index is 6.08. The second-order valence-corrected chi connectivity index (χ2v) is 6.30. The summed E-state index contributed by atoms with van der Waals surface area (Å²) in [5.74, 6) is 0. The summed E-state index contributed by atoms with van der Waals surface area (Å²) in [5, 5.41) is 4.44. The Labute approximate surface area is 125 Å². The summed E-state index contributed by atoms with van der Waals surface area (Å²) < 4.78 is 1.83. The Morgan fingerprint density at radius 2 is 1.95 bits per heavy atom. The predicted molar refractivity (Wildman–Crippen MR) is 79.8 cm³/mol. The van der Waals surface area contributed by atoms with Gasteiger partial charge in [0.15, 0.2) is 5.15 Å². The molecule has 0 bridgehead atoms. The van der Waals surface area contributed by atoms with Crippen molar-refractivity contribution in [1.82, 2.24) is 19.8 Å². The number of likely N-dealkylation sites (N-methyl/N-ethyl adjacent to an activating group) is 1. The third kappa shape index (κ3) is 3.07. The zero-order valence-corrected chi connectivity index (χ0v) is 13.4. The SMILES string of the molecule is CN(C)C1(CNCc2c(Cl)nc(Cl)n2C)CCCC1. The number of nitrogens with one attached hydrogen (secondary N) is 1. The van der Waals surface area contributed by atoms with Crippen LogP contribution < -0.4 is 5.32 Å². The molecule has 1 aliphatic carbocycles. The molecule has 0 aromatic carbocycles. The van der Waals surface area contributed by atoms with Gasteiger partial charge < -0.3 is 14.8 Å². The summed E-state index contributed by atoms with van der Waals surface area (Å²) in [6.07, 6.45) is 5.15. The van der Waals surface area contributed by atoms with E-state index < -0.39 is 0 Å². The lowest BCUT2D eigenvalue weighted by Crippen LogP contribution is -2.49. The average Bonchev–Trinajstić information content (AvgIpc) is 2.91. The van der Waals surface area contributed by atoms with Gasteiger partial charge in [0, 0.05) is 25.7 Å². The van der Waals surface area contributed by atoms with E-state index in [4.69, 9.17) is 23.2 Å². The second-order valence-electron chi connectivity index (χ2n) is 5.61. The van der Waals surface area contributed by atoms with Crippen molar-refractivity contribution in [2.45, 2.75) is 37.8 Å². The molecule has 4 nitrogen and oxygen atoms in total. The molecule has 19 heavy (non-hydrogen) atoms. The fraction of sp³-hybridized carbons (Fsp3) is 0.769. The molecule has 1 fully saturated rings. The van der Waals surface area contributed by atoms with Crippen LogP contribution in [0.1, 0.15) is 31.4 Å². The Morgan fingerprint density at radius 3 is 2.42 bits per heavy atom. The highest BCUT2D eigenvalue weighted by Crippen LogP contribution is 2.33. The van der Waals surface area contributed by atoms with Gasteiger partial charge in [-0.05, 0) is 38.5 Å². The molecule has 0 amide bonds. The fourth-order valence-electron chi connectivity index (χ4n) is 2.89. The number of hydrogen-bond donors (Lipinski definition) is 1. The van der Waals surface area contributed by atoms with Crippen LogP contribution in [0.2, 0.25) is 10.4 Å². The van der Waals surface area contributed by atoms with E-state index in [-0.39, 0.29) is 5.54 Å². The average molecular weight is 305 g/mol. The first-order valence-electron chi connectivity index (χ1n) is 6.71. The smallest absolute Gasteiger partial charge is 0.204 e. The number of halogens is 2. The van der Waals surface area contributed by atoms with Crippen LogP contribution in [0.5, 0.6) is 0 Å². The topological polar surface area (TPSA) is 33.1 Å². The van der Waals surface area contributed by atoms with Crippen LogP contribution in [0, 0.1) is 0 Å². The van der Waals surface area contributed by atoms with Gasteiger partial charge in [-0.2, -0.15) is 0 Å². The Hall–Kier alpha value is -0.290. The van der Waals surface area contributed by atoms with E-state index in [0.717, 1.165) is 12.2 Å². The van der Waals surface area contributed by atoms with Gasteiger partial charge in [0.25, 0.3) is 0 Å². The maximum Gasteiger partial charge on any atom is 0.204 e. The number of aromatic nitrogens is 2. The highest BCUT2D eigenvalue weighted by Gasteiger charge is 2.35. The van der Waals surface area contributed by atoms with Crippen molar-refractivity contribution in [2.24, 2.45) is 7.05 Å². The van der Waals surface area contributed by atoms with Crippen LogP contribution in [0.25, 0.3) is 0 Å². The van der Waals surface area contributed by atoms with Gasteiger partial charge in [-0.3, -0.25) is 0 Å². The van der Waals surface area contributed by atoms with E-state index in [1.54, 1.807) is 0 Å². The van der Waals surface area contributed by atoms with Gasteiger partial charge in [-0.1, -0.05) is 24.4 Å². The largest absolute Gasteiger partial charge is 0.319 e. The van der Waals surface area contributed by atoms with Gasteiger partial charge in [0.2, 0.25) is 5.28 Å². The van der Waals surface area contributed by atoms with E-state index in [1.807, 2.05) is 11.6 Å². The number of imidazole rings is 1. The van der Waals surface area contributed by atoms with Crippen LogP contribution in [-0.4, -0.2) is 40.6 Å². The van der Waals surface area contributed by atoms with Crippen LogP contribution in [-0.2, 0) is 13.6 Å². The van der Waals surface area contributed by atoms with Crippen molar-refractivity contribution in [2.75, 3.05) is 20.6 Å². The van der Waals surface area contributed by atoms with Crippen molar-refractivity contribution >= 4 is 23.2 Å². The first kappa shape index (κ1) is 15.1. The standard InChI is InChI=1S/C13H22Cl2N4/c1-18(2)13(6-4-5-7-13)9-16-8-10-11(14)17-12(15)19(10)3/h16H,4-9H2,1-3H3. The molecule has 108 valence electrons. The minimum absolute atomic E-state index is 0.287. The maximum atomic E-state index is 6.08. The van der Waals surface area contributed by atoms with Gasteiger partial charge in [-0.15, -0.1) is 0 Å². The van der Waals surface area contributed by atoms with Crippen molar-refractivity contribution in [3.05, 3.63) is 16.1 Å². The summed E-state index contributed by atoms with van der Waals surface area (Å²) in [5.41, 5.74) is 1.23. The minimum Gasteiger partial charge on any atom is -0.319 e. The van der Waals surface area contributed by atoms with Crippen LogP contribution in [0.4, 0.5) is 0 Å². The van der Waals surface area contributed by atoms with Crippen molar-refractivity contribution in [3.63, 3.8) is 0 Å². The lowest BCUT2D eigenvalue weighted by molar-refractivity contribution is 0.153. The molecule has 0 unspecified atom stereocenters. The molecule has 0 radical (unpaired) electrons. The molecule has 6 heteroatoms. The molecule has 1 heterocycles. The number of hydrogen-bond acceptors (Lipinski definition) is 3. The Morgan fingerprint density at radius 1 is 1.32 bits per heavy atom. The summed E-state index contributed by atoms with van der Waals surface area (Å²) in [6.45, 7) is 1.67. The predicted octanol–water partition coefficient (Wildman–Crippen LogP) is 2.69. The van der Waals surface area contributed by atoms with Crippen LogP contribution in [0.3, 0.4) is 0 Å². The molecule has 2 rings (SSSR count). The normalized spacial score (nSPS) is 18.4. The third-order valence-corrected chi connectivity index (χ3v) is 4.98. The van der Waals surface area contributed by atoms with Gasteiger partial charge in [0.05, 0.1) is 5.69 Å². The third-order valence-electron chi connectivity index (χ3n) is 4.34. The Balaban J connectivity index is 1.96. The molecular formula is C13H22Cl2N4. The molecule has 1 aromatic rings. The Kier molecular flexibility index (Phi) is 4.77. The fourth-order valence-corrected chi connectivity index (χ4v) is 3.39. The zero-order chi connectivity index (χ0) is 14.0. The highest BCUT2D eigenvalue weighted by molar-refractivity contribution is 6.32. The molecule has 1 saturated carbocycles. The van der Waals surface area contributed by atoms with E-state index in [2.05, 4.69) is 29.3 Å². The summed E-state index contributed by atoms with van der Waals surface area (Å²) in [7, 11) is 6.22. The molecule has 0 saturated heterocycles. The van der Waals surface area contributed by atoms with Crippen LogP contribution >= 0.6 is 23.2 Å². The summed E-state index contributed by atoms with van der Waals surface area (Å²) in [4.78, 5) is 6.41. The molecule has 1 N–H and O–H groups in total. The molecule has 1 aliphatic rings. The Bertz CT molecular complexity index is 436. The van der Waals surface area contributed by atoms with Crippen molar-refractivity contribution in [1.29, 1.82) is 0 Å². The van der Waals surface area contributed by atoms with E-state index in [9.17, 15) is 0 Å². The number of rotatable bonds is 5. The summed E-state index contributed by atoms with van der Waals surface area (Å²) >= 11 is 12.0. The zero-order valence-electron chi connectivity index (χ0n) is 11.8. The molecule has 0 spiro atoms. The quantitative estimate of drug-likeness (QED) is 0.908. The molecular weight excluding hydrogens is 283 g/mol. The second kappa shape index (κ2) is 6.00. The van der Waals surface area contributed by atoms with Crippen molar-refractivity contribution in [3.8, 4) is 0 Å². The van der Waals surface area contributed by atoms with E-state index in [1.165, 1.54) is 25.7 Å². The van der Waals surface area contributed by atoms with Crippen molar-refractivity contribution < 1.29 is 0 Å². The molecule has 0 aliphatic heterocycles. The van der Waals surface area contributed by atoms with Crippen LogP contribution in [0.15, 0.2) is 0 Å². The number of nitrogens with zero attached hydrogens (tertiary/aromatic N) is 3. The minimum atomic E-state index is 0.287. The van der Waals surface area contributed by atoms with Gasteiger partial charge >= 0.3 is 0 Å². The lowest BCUT2D eigenvalue weighted by atomic mass is 9.96. The van der Waals surface area contributed by atoms with Gasteiger partial charge in [0.1, 0.15) is 0 Å². The first-order valence-corrected chi connectivity index (χ1v) is 7.46. The van der Waals surface area contributed by atoms with E-state index in [0.29, 0.717) is 17.0 Å². The summed E-state index contributed by atoms with van der Waals surface area (Å²) in [6, 6.07) is 0. The first-order chi connectivity index (χ1) is 8.96. The molecule has 1 aromatic heterocycles. The monoisotopic (exact) mass is 304 g/mol. The highest BCUT2D eigenvalue weighted by atomic mass is 35.5. The lowest BCUT2D eigenvalue weighted by Gasteiger charge is -2.36. The van der Waals surface area contributed by atoms with E-state index >= 15 is 0 Å².